The Morgan fingerprint density at radius 3 is 0.492 bits per heavy atom. The van der Waals surface area contributed by atoms with E-state index in [4.69, 9.17) is 0 Å². The lowest BCUT2D eigenvalue weighted by molar-refractivity contribution is 0.114. The fourth-order valence-electron chi connectivity index (χ4n) is 22.5. The highest BCUT2D eigenvalue weighted by atomic mass is 14.5. The number of hydrogen-bond donors (Lipinski definition) is 0. The van der Waals surface area contributed by atoms with Crippen molar-refractivity contribution in [2.45, 2.75) is 620 Å². The fourth-order valence-corrected chi connectivity index (χ4v) is 22.5. The monoisotopic (exact) mass is 1830 g/mol. The third-order valence-electron chi connectivity index (χ3n) is 39.0. The molecule has 0 nitrogen and oxygen atoms in total. The lowest BCUT2D eigenvalue weighted by Crippen LogP contribution is -2.36. The van der Waals surface area contributed by atoms with Crippen LogP contribution in [0.4, 0.5) is 0 Å². The second kappa shape index (κ2) is 58.9. The van der Waals surface area contributed by atoms with E-state index in [1.165, 1.54) is 343 Å². The predicted molar refractivity (Wildman–Crippen MR) is 604 cm³/mol. The molecule has 0 radical (unpaired) electrons. The van der Waals surface area contributed by atoms with Gasteiger partial charge in [-0.1, -0.05) is 604 Å². The zero-order valence-corrected chi connectivity index (χ0v) is 97.9. The molecule has 0 aromatic heterocycles. The highest BCUT2D eigenvalue weighted by molar-refractivity contribution is 5.30. The van der Waals surface area contributed by atoms with Crippen molar-refractivity contribution in [3.05, 3.63) is 144 Å². The van der Waals surface area contributed by atoms with E-state index >= 15 is 0 Å². The van der Waals surface area contributed by atoms with Gasteiger partial charge in [-0.2, -0.15) is 0 Å². The van der Waals surface area contributed by atoms with Gasteiger partial charge in [-0.25, -0.2) is 0 Å². The van der Waals surface area contributed by atoms with Crippen molar-refractivity contribution in [2.75, 3.05) is 0 Å². The molecule has 0 aliphatic heterocycles. The van der Waals surface area contributed by atoms with E-state index in [2.05, 4.69) is 398 Å². The van der Waals surface area contributed by atoms with E-state index in [0.717, 1.165) is 0 Å². The van der Waals surface area contributed by atoms with Crippen molar-refractivity contribution in [1.82, 2.24) is 0 Å². The van der Waals surface area contributed by atoms with E-state index < -0.39 is 0 Å². The summed E-state index contributed by atoms with van der Waals surface area (Å²) in [4.78, 5) is 0. The van der Waals surface area contributed by atoms with Crippen LogP contribution in [0.15, 0.2) is 121 Å². The maximum absolute atomic E-state index is 2.52. The molecule has 4 aliphatic rings. The van der Waals surface area contributed by atoms with Gasteiger partial charge in [-0.3, -0.25) is 0 Å². The first-order chi connectivity index (χ1) is 61.0. The van der Waals surface area contributed by atoms with E-state index in [-0.39, 0.29) is 21.7 Å². The quantitative estimate of drug-likeness (QED) is 0.0387. The van der Waals surface area contributed by atoms with Crippen LogP contribution in [0.25, 0.3) is 0 Å². The summed E-state index contributed by atoms with van der Waals surface area (Å²) in [5.74, 6) is 0. The van der Waals surface area contributed by atoms with Gasteiger partial charge in [-0.05, 0) is 235 Å². The normalized spacial score (nSPS) is 20.7. The first-order valence-corrected chi connectivity index (χ1v) is 57.2. The van der Waals surface area contributed by atoms with Crippen LogP contribution in [0.2, 0.25) is 0 Å². The first kappa shape index (κ1) is 127. The molecule has 0 amide bonds. The van der Waals surface area contributed by atoms with Gasteiger partial charge in [0.1, 0.15) is 0 Å². The van der Waals surface area contributed by atoms with E-state index in [0.29, 0.717) is 75.8 Å². The third-order valence-corrected chi connectivity index (χ3v) is 39.0. The molecule has 4 aliphatic carbocycles. The SMILES string of the molecule is CC(C)(C)CCCCC(C)(C)C(C)(C)c1ccccc1.CC(C)(C)CCCC[C@]1(C)CCCC1(C)C.CCCCCCC(C)(C)C(C)(C)c1ccccc1.CCCCCCC(C)(C)C(C)(C)c1ccccc1.CCCCCCC(C)(C)C(C)(C)c1ccccc1.CCCCCC[C@]1(C)CCCC1(C)C.CCCCCC[C@]1(C)CCCC1(C)C.CCCCCC[C@]1(C)CCCC1(C)C. The van der Waals surface area contributed by atoms with E-state index in [1.807, 2.05) is 0 Å². The molecule has 0 unspecified atom stereocenters. The van der Waals surface area contributed by atoms with E-state index in [9.17, 15) is 0 Å². The Hall–Kier alpha value is -3.12. The van der Waals surface area contributed by atoms with Crippen LogP contribution in [-0.4, -0.2) is 0 Å². The van der Waals surface area contributed by atoms with Gasteiger partial charge in [0.25, 0.3) is 0 Å². The van der Waals surface area contributed by atoms with Crippen molar-refractivity contribution in [1.29, 1.82) is 0 Å². The molecule has 4 aromatic rings. The number of unbranched alkanes of at least 4 members (excludes halogenated alkanes) is 20. The summed E-state index contributed by atoms with van der Waals surface area (Å²) in [5, 5.41) is 0. The molecule has 0 spiro atoms. The molecule has 8 rings (SSSR count). The van der Waals surface area contributed by atoms with E-state index in [1.54, 1.807) is 0 Å². The zero-order valence-electron chi connectivity index (χ0n) is 97.9. The van der Waals surface area contributed by atoms with Crippen LogP contribution in [0.5, 0.6) is 0 Å². The Balaban J connectivity index is 0.000000756. The molecule has 0 heterocycles. The van der Waals surface area contributed by atoms with Gasteiger partial charge in [0.15, 0.2) is 0 Å². The Kier molecular flexibility index (Phi) is 56.7. The molecule has 4 aromatic carbocycles. The second-order valence-corrected chi connectivity index (χ2v) is 55.1. The van der Waals surface area contributed by atoms with Gasteiger partial charge < -0.3 is 0 Å². The van der Waals surface area contributed by atoms with Gasteiger partial charge in [-0.15, -0.1) is 0 Å². The maximum Gasteiger partial charge on any atom is -0.00524 e. The molecule has 768 valence electrons. The van der Waals surface area contributed by atoms with Crippen LogP contribution >= 0.6 is 0 Å². The van der Waals surface area contributed by atoms with Crippen LogP contribution in [0.3, 0.4) is 0 Å². The summed E-state index contributed by atoms with van der Waals surface area (Å²) in [6, 6.07) is 43.9. The molecular weight excluding hydrogens is 1590 g/mol. The second-order valence-electron chi connectivity index (χ2n) is 55.1. The van der Waals surface area contributed by atoms with Crippen molar-refractivity contribution >= 4 is 0 Å². The van der Waals surface area contributed by atoms with Gasteiger partial charge >= 0.3 is 0 Å². The highest BCUT2D eigenvalue weighted by Gasteiger charge is 2.49. The maximum atomic E-state index is 2.52. The lowest BCUT2D eigenvalue weighted by atomic mass is 9.62. The van der Waals surface area contributed by atoms with Gasteiger partial charge in [0, 0.05) is 0 Å². The molecular formula is C132H240. The number of rotatable bonds is 46. The Morgan fingerprint density at radius 1 is 0.182 bits per heavy atom. The Bertz CT molecular complexity index is 3220. The number of hydrogen-bond acceptors (Lipinski definition) is 0. The summed E-state index contributed by atoms with van der Waals surface area (Å²) in [6.07, 6.45) is 70.1. The largest absolute Gasteiger partial charge is 0.0654 e. The minimum atomic E-state index is 0.218. The molecule has 0 saturated heterocycles. The average Bonchev–Trinajstić information content (AvgIpc) is 1.66. The Morgan fingerprint density at radius 2 is 0.333 bits per heavy atom. The van der Waals surface area contributed by atoms with Crippen LogP contribution in [-0.2, 0) is 21.7 Å². The minimum Gasteiger partial charge on any atom is -0.0654 e. The standard InChI is InChI=1S/C20H34.3C18H30.C16H32.3C14H28/c1-18(2,3)15-11-12-16-19(4,5)20(6,7)17-13-9-8-10-14-17;3*1-6-7-8-12-15-17(2,3)18(4,5)16-13-10-9-11-14-16;1-14(2,3)10-7-8-12-16(6)13-9-11-15(16,4)5;3*1-5-6-7-8-11-14(4)12-9-10-13(14,2)3/h8-10,13-14H,11-12,15-16H2,1-7H3;3*9-11,13-14H,6-8,12,15H2,1-5H3;7-13H2,1-6H3;3*5-12H2,1-4H3/t;;;;16-;3*14-/m....1111/s1. The van der Waals surface area contributed by atoms with Gasteiger partial charge in [0.2, 0.25) is 0 Å². The smallest absolute Gasteiger partial charge is 0.00524 e. The first-order valence-electron chi connectivity index (χ1n) is 57.2. The summed E-state index contributed by atoms with van der Waals surface area (Å²) >= 11 is 0. The molecule has 0 heteroatoms. The summed E-state index contributed by atoms with van der Waals surface area (Å²) in [5.41, 5.74) is 14.0. The van der Waals surface area contributed by atoms with Crippen molar-refractivity contribution in [3.8, 4) is 0 Å². The summed E-state index contributed by atoms with van der Waals surface area (Å²) in [7, 11) is 0. The predicted octanol–water partition coefficient (Wildman–Crippen LogP) is 45.8. The number of benzene rings is 4. The molecule has 4 fully saturated rings. The molecule has 0 bridgehead atoms. The fraction of sp³-hybridized carbons (Fsp3) is 0.818. The van der Waals surface area contributed by atoms with Gasteiger partial charge in [0.05, 0.1) is 0 Å². The van der Waals surface area contributed by atoms with Crippen LogP contribution in [0, 0.1) is 75.8 Å². The zero-order chi connectivity index (χ0) is 101. The van der Waals surface area contributed by atoms with Crippen molar-refractivity contribution < 1.29 is 0 Å². The average molecular weight is 1830 g/mol. The highest BCUT2D eigenvalue weighted by Crippen LogP contribution is 2.59. The van der Waals surface area contributed by atoms with Crippen LogP contribution in [0.1, 0.15) is 620 Å². The van der Waals surface area contributed by atoms with Crippen molar-refractivity contribution in [2.24, 2.45) is 75.8 Å². The topological polar surface area (TPSA) is 0 Å². The molecule has 132 heavy (non-hydrogen) atoms. The molecule has 4 saturated carbocycles. The lowest BCUT2D eigenvalue weighted by Gasteiger charge is -2.42. The van der Waals surface area contributed by atoms with Crippen LogP contribution < -0.4 is 0 Å². The Labute approximate surface area is 833 Å². The summed E-state index contributed by atoms with van der Waals surface area (Å²) < 4.78 is 0. The minimum absolute atomic E-state index is 0.218. The third kappa shape index (κ3) is 42.7. The van der Waals surface area contributed by atoms with Crippen molar-refractivity contribution in [3.63, 3.8) is 0 Å². The molecule has 0 N–H and O–H groups in total. The summed E-state index contributed by atoms with van der Waals surface area (Å²) in [6.45, 7) is 96.2. The molecule has 4 atom stereocenters.